The predicted molar refractivity (Wildman–Crippen MR) is 62.2 cm³/mol. The third-order valence-electron chi connectivity index (χ3n) is 3.02. The lowest BCUT2D eigenvalue weighted by atomic mass is 10.1. The van der Waals surface area contributed by atoms with Gasteiger partial charge >= 0.3 is 0 Å². The van der Waals surface area contributed by atoms with Crippen molar-refractivity contribution in [3.63, 3.8) is 0 Å². The standard InChI is InChI=1S/C12H19N3O/c1-8(2)7-10-14-11(12(13)16)9-5-3-4-6-15(9)10/h8H,3-7H2,1-2H3,(H2,13,16). The van der Waals surface area contributed by atoms with E-state index in [1.165, 1.54) is 6.42 Å². The van der Waals surface area contributed by atoms with Crippen molar-refractivity contribution in [3.05, 3.63) is 17.2 Å². The van der Waals surface area contributed by atoms with Crippen LogP contribution in [0.3, 0.4) is 0 Å². The van der Waals surface area contributed by atoms with E-state index in [1.807, 2.05) is 0 Å². The van der Waals surface area contributed by atoms with E-state index >= 15 is 0 Å². The highest BCUT2D eigenvalue weighted by molar-refractivity contribution is 5.92. The van der Waals surface area contributed by atoms with Crippen LogP contribution >= 0.6 is 0 Å². The lowest BCUT2D eigenvalue weighted by Crippen LogP contribution is -2.18. The van der Waals surface area contributed by atoms with Gasteiger partial charge in [0.05, 0.1) is 5.69 Å². The normalized spacial score (nSPS) is 15.2. The average molecular weight is 221 g/mol. The number of imidazole rings is 1. The average Bonchev–Trinajstić information content (AvgIpc) is 2.57. The van der Waals surface area contributed by atoms with E-state index in [0.29, 0.717) is 11.6 Å². The molecule has 4 heteroatoms. The summed E-state index contributed by atoms with van der Waals surface area (Å²) in [7, 11) is 0. The van der Waals surface area contributed by atoms with Gasteiger partial charge in [-0.3, -0.25) is 4.79 Å². The maximum atomic E-state index is 11.3. The molecule has 0 saturated heterocycles. The van der Waals surface area contributed by atoms with Gasteiger partial charge < -0.3 is 10.3 Å². The molecule has 0 bridgehead atoms. The SMILES string of the molecule is CC(C)Cc1nc(C(N)=O)c2n1CCCC2. The number of carbonyl (C=O) groups excluding carboxylic acids is 1. The molecule has 0 unspecified atom stereocenters. The number of amides is 1. The molecule has 1 amide bonds. The van der Waals surface area contributed by atoms with E-state index in [0.717, 1.165) is 37.3 Å². The number of aromatic nitrogens is 2. The molecule has 0 spiro atoms. The van der Waals surface area contributed by atoms with Crippen LogP contribution in [0.1, 0.15) is 48.7 Å². The van der Waals surface area contributed by atoms with Crippen LogP contribution < -0.4 is 5.73 Å². The fourth-order valence-electron chi connectivity index (χ4n) is 2.34. The van der Waals surface area contributed by atoms with Crippen molar-refractivity contribution >= 4 is 5.91 Å². The maximum Gasteiger partial charge on any atom is 0.269 e. The first-order valence-electron chi connectivity index (χ1n) is 5.97. The summed E-state index contributed by atoms with van der Waals surface area (Å²) >= 11 is 0. The van der Waals surface area contributed by atoms with E-state index < -0.39 is 0 Å². The van der Waals surface area contributed by atoms with Crippen molar-refractivity contribution < 1.29 is 4.79 Å². The Morgan fingerprint density at radius 2 is 2.25 bits per heavy atom. The second-order valence-corrected chi connectivity index (χ2v) is 4.89. The summed E-state index contributed by atoms with van der Waals surface area (Å²) in [6.07, 6.45) is 4.16. The molecule has 0 aliphatic carbocycles. The van der Waals surface area contributed by atoms with Crippen molar-refractivity contribution in [3.8, 4) is 0 Å². The van der Waals surface area contributed by atoms with Gasteiger partial charge in [0.2, 0.25) is 0 Å². The molecule has 1 aliphatic rings. The fourth-order valence-corrected chi connectivity index (χ4v) is 2.34. The molecule has 1 aliphatic heterocycles. The molecule has 1 aromatic rings. The van der Waals surface area contributed by atoms with E-state index in [9.17, 15) is 4.79 Å². The Kier molecular flexibility index (Phi) is 2.99. The molecule has 88 valence electrons. The summed E-state index contributed by atoms with van der Waals surface area (Å²) in [6, 6.07) is 0. The lowest BCUT2D eigenvalue weighted by Gasteiger charge is -2.17. The molecule has 0 fully saturated rings. The molecule has 2 N–H and O–H groups in total. The second-order valence-electron chi connectivity index (χ2n) is 4.89. The van der Waals surface area contributed by atoms with Gasteiger partial charge in [-0.15, -0.1) is 0 Å². The first kappa shape index (κ1) is 11.2. The Morgan fingerprint density at radius 3 is 2.88 bits per heavy atom. The predicted octanol–water partition coefficient (Wildman–Crippen LogP) is 1.52. The minimum absolute atomic E-state index is 0.388. The summed E-state index contributed by atoms with van der Waals surface area (Å²) in [4.78, 5) is 15.7. The largest absolute Gasteiger partial charge is 0.364 e. The smallest absolute Gasteiger partial charge is 0.269 e. The Labute approximate surface area is 95.9 Å². The van der Waals surface area contributed by atoms with Crippen LogP contribution in [0, 0.1) is 5.92 Å². The first-order chi connectivity index (χ1) is 7.59. The van der Waals surface area contributed by atoms with Crippen LogP contribution in [0.25, 0.3) is 0 Å². The number of nitrogens with two attached hydrogens (primary N) is 1. The zero-order chi connectivity index (χ0) is 11.7. The minimum atomic E-state index is -0.388. The number of nitrogens with zero attached hydrogens (tertiary/aromatic N) is 2. The summed E-state index contributed by atoms with van der Waals surface area (Å²) in [5, 5.41) is 0. The van der Waals surface area contributed by atoms with Crippen molar-refractivity contribution in [1.82, 2.24) is 9.55 Å². The summed E-state index contributed by atoms with van der Waals surface area (Å²) < 4.78 is 2.20. The Hall–Kier alpha value is -1.32. The van der Waals surface area contributed by atoms with E-state index in [4.69, 9.17) is 5.73 Å². The second kappa shape index (κ2) is 4.28. The van der Waals surface area contributed by atoms with Crippen molar-refractivity contribution in [1.29, 1.82) is 0 Å². The molecule has 2 heterocycles. The van der Waals surface area contributed by atoms with E-state index in [2.05, 4.69) is 23.4 Å². The van der Waals surface area contributed by atoms with Gasteiger partial charge in [0.15, 0.2) is 0 Å². The Morgan fingerprint density at radius 1 is 1.50 bits per heavy atom. The van der Waals surface area contributed by atoms with Gasteiger partial charge in [-0.05, 0) is 25.2 Å². The zero-order valence-electron chi connectivity index (χ0n) is 9.99. The van der Waals surface area contributed by atoms with Gasteiger partial charge in [-0.1, -0.05) is 13.8 Å². The summed E-state index contributed by atoms with van der Waals surface area (Å²) in [5.74, 6) is 1.19. The third kappa shape index (κ3) is 1.96. The number of hydrogen-bond acceptors (Lipinski definition) is 2. The third-order valence-corrected chi connectivity index (χ3v) is 3.02. The van der Waals surface area contributed by atoms with Crippen LogP contribution in [0.5, 0.6) is 0 Å². The van der Waals surface area contributed by atoms with Gasteiger partial charge in [0.1, 0.15) is 11.5 Å². The number of carbonyl (C=O) groups is 1. The number of hydrogen-bond donors (Lipinski definition) is 1. The number of rotatable bonds is 3. The van der Waals surface area contributed by atoms with Gasteiger partial charge in [-0.2, -0.15) is 0 Å². The summed E-state index contributed by atoms with van der Waals surface area (Å²) in [6.45, 7) is 5.31. The van der Waals surface area contributed by atoms with Gasteiger partial charge in [0.25, 0.3) is 5.91 Å². The Bertz CT molecular complexity index is 407. The molecule has 2 rings (SSSR count). The Balaban J connectivity index is 2.42. The van der Waals surface area contributed by atoms with Crippen molar-refractivity contribution in [2.75, 3.05) is 0 Å². The molecular weight excluding hydrogens is 202 g/mol. The maximum absolute atomic E-state index is 11.3. The topological polar surface area (TPSA) is 60.9 Å². The molecule has 16 heavy (non-hydrogen) atoms. The monoisotopic (exact) mass is 221 g/mol. The molecule has 1 aromatic heterocycles. The fraction of sp³-hybridized carbons (Fsp3) is 0.667. The van der Waals surface area contributed by atoms with Crippen LogP contribution in [0.4, 0.5) is 0 Å². The highest BCUT2D eigenvalue weighted by Crippen LogP contribution is 2.22. The molecule has 4 nitrogen and oxygen atoms in total. The highest BCUT2D eigenvalue weighted by Gasteiger charge is 2.22. The van der Waals surface area contributed by atoms with Gasteiger partial charge in [-0.25, -0.2) is 4.98 Å². The van der Waals surface area contributed by atoms with Crippen LogP contribution in [0.2, 0.25) is 0 Å². The quantitative estimate of drug-likeness (QED) is 0.841. The van der Waals surface area contributed by atoms with E-state index in [-0.39, 0.29) is 5.91 Å². The molecule has 0 radical (unpaired) electrons. The number of primary amides is 1. The van der Waals surface area contributed by atoms with Crippen molar-refractivity contribution in [2.45, 2.75) is 46.1 Å². The van der Waals surface area contributed by atoms with Crippen LogP contribution in [-0.2, 0) is 19.4 Å². The van der Waals surface area contributed by atoms with Gasteiger partial charge in [0, 0.05) is 13.0 Å². The molecule has 0 atom stereocenters. The number of fused-ring (bicyclic) bond motifs is 1. The molecule has 0 aromatic carbocycles. The lowest BCUT2D eigenvalue weighted by molar-refractivity contribution is 0.0994. The molecular formula is C12H19N3O. The molecule has 0 saturated carbocycles. The van der Waals surface area contributed by atoms with Crippen LogP contribution in [0.15, 0.2) is 0 Å². The van der Waals surface area contributed by atoms with Crippen molar-refractivity contribution in [2.24, 2.45) is 11.7 Å². The minimum Gasteiger partial charge on any atom is -0.364 e. The van der Waals surface area contributed by atoms with Crippen LogP contribution in [-0.4, -0.2) is 15.5 Å². The summed E-state index contributed by atoms with van der Waals surface area (Å²) in [5.41, 5.74) is 6.91. The van der Waals surface area contributed by atoms with E-state index in [1.54, 1.807) is 0 Å². The first-order valence-corrected chi connectivity index (χ1v) is 5.97. The zero-order valence-corrected chi connectivity index (χ0v) is 9.99. The highest BCUT2D eigenvalue weighted by atomic mass is 16.1.